The molecule has 2 aromatic rings. The monoisotopic (exact) mass is 417 g/mol. The van der Waals surface area contributed by atoms with Crippen molar-refractivity contribution in [3.05, 3.63) is 29.7 Å². The van der Waals surface area contributed by atoms with Crippen LogP contribution in [0.4, 0.5) is 0 Å². The number of hydrogen-bond donors (Lipinski definition) is 0. The molecule has 0 bridgehead atoms. The molecule has 30 heavy (non-hydrogen) atoms. The van der Waals surface area contributed by atoms with E-state index in [1.54, 1.807) is 16.9 Å². The van der Waals surface area contributed by atoms with Crippen LogP contribution in [-0.4, -0.2) is 63.7 Å². The lowest BCUT2D eigenvalue weighted by atomic mass is 10.0. The molecule has 2 saturated heterocycles. The maximum Gasteiger partial charge on any atom is 0.272 e. The van der Waals surface area contributed by atoms with Crippen LogP contribution in [0.5, 0.6) is 0 Å². The number of carbonyl (C=O) groups is 1. The second-order valence-electron chi connectivity index (χ2n) is 7.97. The fourth-order valence-corrected chi connectivity index (χ4v) is 4.18. The Bertz CT molecular complexity index is 814. The van der Waals surface area contributed by atoms with Crippen LogP contribution >= 0.6 is 0 Å². The lowest BCUT2D eigenvalue weighted by Crippen LogP contribution is -2.39. The molecule has 9 nitrogen and oxygen atoms in total. The molecular formula is C21H31N5O4. The van der Waals surface area contributed by atoms with E-state index in [4.69, 9.17) is 14.0 Å². The lowest BCUT2D eigenvalue weighted by molar-refractivity contribution is 0.0211. The smallest absolute Gasteiger partial charge is 0.272 e. The number of aromatic nitrogens is 4. The number of ether oxygens (including phenoxy) is 2. The molecule has 0 aliphatic carbocycles. The first kappa shape index (κ1) is 21.0. The molecule has 1 amide bonds. The Hall–Kier alpha value is -2.26. The number of piperidine rings is 1. The van der Waals surface area contributed by atoms with Gasteiger partial charge in [-0.2, -0.15) is 10.1 Å². The molecule has 0 aromatic carbocycles. The minimum atomic E-state index is -0.184. The van der Waals surface area contributed by atoms with Gasteiger partial charge in [-0.25, -0.2) is 0 Å². The first-order valence-electron chi connectivity index (χ1n) is 11.1. The summed E-state index contributed by atoms with van der Waals surface area (Å²) in [5.74, 6) is 1.70. The van der Waals surface area contributed by atoms with E-state index in [-0.39, 0.29) is 11.9 Å². The van der Waals surface area contributed by atoms with Gasteiger partial charge in [-0.05, 0) is 51.0 Å². The molecule has 2 fully saturated rings. The van der Waals surface area contributed by atoms with E-state index in [0.29, 0.717) is 49.4 Å². The molecule has 164 valence electrons. The summed E-state index contributed by atoms with van der Waals surface area (Å²) in [6.45, 7) is 6.31. The predicted octanol–water partition coefficient (Wildman–Crippen LogP) is 2.64. The maximum absolute atomic E-state index is 13.1. The van der Waals surface area contributed by atoms with Crippen molar-refractivity contribution in [3.8, 4) is 0 Å². The SMILES string of the molecule is CCn1nccc1C(=O)N1CCCCC1c1nc(CCOCC2CCOCC2)no1. The average Bonchev–Trinajstić information content (AvgIpc) is 3.46. The zero-order valence-corrected chi connectivity index (χ0v) is 17.7. The fraction of sp³-hybridized carbons (Fsp3) is 0.714. The van der Waals surface area contributed by atoms with Gasteiger partial charge in [0.2, 0.25) is 5.89 Å². The Morgan fingerprint density at radius 3 is 2.97 bits per heavy atom. The van der Waals surface area contributed by atoms with E-state index >= 15 is 0 Å². The molecule has 0 N–H and O–H groups in total. The summed E-state index contributed by atoms with van der Waals surface area (Å²) < 4.78 is 18.5. The van der Waals surface area contributed by atoms with Gasteiger partial charge in [-0.1, -0.05) is 5.16 Å². The van der Waals surface area contributed by atoms with Gasteiger partial charge in [-0.15, -0.1) is 0 Å². The molecule has 4 heterocycles. The number of likely N-dealkylation sites (tertiary alicyclic amines) is 1. The fourth-order valence-electron chi connectivity index (χ4n) is 4.18. The normalized spacial score (nSPS) is 20.6. The van der Waals surface area contributed by atoms with Crippen LogP contribution in [-0.2, 0) is 22.4 Å². The highest BCUT2D eigenvalue weighted by atomic mass is 16.5. The van der Waals surface area contributed by atoms with E-state index in [9.17, 15) is 4.79 Å². The van der Waals surface area contributed by atoms with Gasteiger partial charge < -0.3 is 18.9 Å². The highest BCUT2D eigenvalue weighted by molar-refractivity contribution is 5.92. The molecule has 2 aliphatic rings. The average molecular weight is 418 g/mol. The maximum atomic E-state index is 13.1. The van der Waals surface area contributed by atoms with E-state index < -0.39 is 0 Å². The zero-order valence-electron chi connectivity index (χ0n) is 17.7. The van der Waals surface area contributed by atoms with Crippen LogP contribution in [0.1, 0.15) is 67.3 Å². The molecule has 9 heteroatoms. The minimum Gasteiger partial charge on any atom is -0.381 e. The third-order valence-electron chi connectivity index (χ3n) is 5.93. The lowest BCUT2D eigenvalue weighted by Gasteiger charge is -2.33. The molecule has 0 radical (unpaired) electrons. The summed E-state index contributed by atoms with van der Waals surface area (Å²) in [5, 5.41) is 8.35. The van der Waals surface area contributed by atoms with E-state index in [1.807, 2.05) is 11.8 Å². The van der Waals surface area contributed by atoms with E-state index in [2.05, 4.69) is 15.2 Å². The molecule has 1 atom stereocenters. The van der Waals surface area contributed by atoms with Gasteiger partial charge in [0.15, 0.2) is 5.82 Å². The Balaban J connectivity index is 1.34. The predicted molar refractivity (Wildman–Crippen MR) is 108 cm³/mol. The van der Waals surface area contributed by atoms with Gasteiger partial charge in [0.1, 0.15) is 11.7 Å². The van der Waals surface area contributed by atoms with Gasteiger partial charge in [0, 0.05) is 45.5 Å². The number of carbonyl (C=O) groups excluding carboxylic acids is 1. The molecule has 2 aromatic heterocycles. The van der Waals surface area contributed by atoms with E-state index in [0.717, 1.165) is 51.9 Å². The molecule has 0 saturated carbocycles. The van der Waals surface area contributed by atoms with Crippen molar-refractivity contribution in [1.29, 1.82) is 0 Å². The standard InChI is InChI=1S/C21H31N5O4/c1-2-26-18(6-10-22-26)21(27)25-11-4-3-5-17(25)20-23-19(24-30-20)9-14-29-15-16-7-12-28-13-8-16/h6,10,16-17H,2-5,7-9,11-15H2,1H3. The van der Waals surface area contributed by atoms with Crippen molar-refractivity contribution in [3.63, 3.8) is 0 Å². The van der Waals surface area contributed by atoms with Crippen LogP contribution in [0.15, 0.2) is 16.8 Å². The summed E-state index contributed by atoms with van der Waals surface area (Å²) in [5.41, 5.74) is 0.602. The molecule has 1 unspecified atom stereocenters. The summed E-state index contributed by atoms with van der Waals surface area (Å²) in [6.07, 6.45) is 7.24. The van der Waals surface area contributed by atoms with Crippen LogP contribution in [0.2, 0.25) is 0 Å². The van der Waals surface area contributed by atoms with Gasteiger partial charge in [0.25, 0.3) is 5.91 Å². The first-order chi connectivity index (χ1) is 14.8. The van der Waals surface area contributed by atoms with Crippen molar-refractivity contribution in [2.75, 3.05) is 33.0 Å². The zero-order chi connectivity index (χ0) is 20.8. The molecule has 4 rings (SSSR count). The minimum absolute atomic E-state index is 0.0291. The Labute approximate surface area is 176 Å². The largest absolute Gasteiger partial charge is 0.381 e. The van der Waals surface area contributed by atoms with Crippen molar-refractivity contribution in [2.24, 2.45) is 5.92 Å². The molecule has 2 aliphatic heterocycles. The number of rotatable bonds is 8. The first-order valence-corrected chi connectivity index (χ1v) is 11.1. The van der Waals surface area contributed by atoms with Crippen LogP contribution in [0.3, 0.4) is 0 Å². The molecular weight excluding hydrogens is 386 g/mol. The Kier molecular flexibility index (Phi) is 7.11. The second-order valence-corrected chi connectivity index (χ2v) is 7.97. The summed E-state index contributed by atoms with van der Waals surface area (Å²) in [7, 11) is 0. The van der Waals surface area contributed by atoms with Crippen molar-refractivity contribution < 1.29 is 18.8 Å². The Morgan fingerprint density at radius 1 is 1.27 bits per heavy atom. The quantitative estimate of drug-likeness (QED) is 0.609. The van der Waals surface area contributed by atoms with Crippen LogP contribution in [0.25, 0.3) is 0 Å². The second kappa shape index (κ2) is 10.2. The number of aryl methyl sites for hydroxylation is 1. The number of hydrogen-bond acceptors (Lipinski definition) is 7. The van der Waals surface area contributed by atoms with Gasteiger partial charge in [0.05, 0.1) is 6.61 Å². The number of nitrogens with zero attached hydrogens (tertiary/aromatic N) is 5. The summed E-state index contributed by atoms with van der Waals surface area (Å²) in [6, 6.07) is 1.59. The topological polar surface area (TPSA) is 95.5 Å². The Morgan fingerprint density at radius 2 is 2.13 bits per heavy atom. The third-order valence-corrected chi connectivity index (χ3v) is 5.93. The van der Waals surface area contributed by atoms with Gasteiger partial charge in [-0.3, -0.25) is 9.48 Å². The van der Waals surface area contributed by atoms with Crippen molar-refractivity contribution in [2.45, 2.75) is 58.0 Å². The van der Waals surface area contributed by atoms with Crippen molar-refractivity contribution in [1.82, 2.24) is 24.8 Å². The third kappa shape index (κ3) is 4.89. The van der Waals surface area contributed by atoms with Crippen LogP contribution < -0.4 is 0 Å². The summed E-state index contributed by atoms with van der Waals surface area (Å²) in [4.78, 5) is 19.6. The highest BCUT2D eigenvalue weighted by Crippen LogP contribution is 2.31. The van der Waals surface area contributed by atoms with Gasteiger partial charge >= 0.3 is 0 Å². The molecule has 0 spiro atoms. The summed E-state index contributed by atoms with van der Waals surface area (Å²) >= 11 is 0. The highest BCUT2D eigenvalue weighted by Gasteiger charge is 2.33. The number of amides is 1. The van der Waals surface area contributed by atoms with Crippen molar-refractivity contribution >= 4 is 5.91 Å². The van der Waals surface area contributed by atoms with Crippen LogP contribution in [0, 0.1) is 5.92 Å². The van der Waals surface area contributed by atoms with E-state index in [1.165, 1.54) is 0 Å².